The number of benzene rings is 2. The van der Waals surface area contributed by atoms with Crippen LogP contribution >= 0.6 is 15.9 Å². The largest absolute Gasteiger partial charge is 0.497 e. The predicted molar refractivity (Wildman–Crippen MR) is 162 cm³/mol. The molecular formula is C32H46BrNO6. The molecule has 0 bridgehead atoms. The summed E-state index contributed by atoms with van der Waals surface area (Å²) in [5.41, 5.74) is 1.28. The van der Waals surface area contributed by atoms with E-state index in [1.165, 1.54) is 45.4 Å². The van der Waals surface area contributed by atoms with Crippen molar-refractivity contribution in [3.63, 3.8) is 0 Å². The molecule has 7 nitrogen and oxygen atoms in total. The molecule has 40 heavy (non-hydrogen) atoms. The number of hydrogen-bond donors (Lipinski definition) is 2. The van der Waals surface area contributed by atoms with Crippen molar-refractivity contribution < 1.29 is 28.9 Å². The van der Waals surface area contributed by atoms with Crippen LogP contribution in [-0.2, 0) is 16.1 Å². The van der Waals surface area contributed by atoms with Gasteiger partial charge >= 0.3 is 11.9 Å². The van der Waals surface area contributed by atoms with E-state index < -0.39 is 18.0 Å². The first-order chi connectivity index (χ1) is 18.9. The van der Waals surface area contributed by atoms with Gasteiger partial charge in [0.05, 0.1) is 18.8 Å². The second-order valence-electron chi connectivity index (χ2n) is 11.2. The second-order valence-corrected chi connectivity index (χ2v) is 12.1. The van der Waals surface area contributed by atoms with E-state index in [9.17, 15) is 14.7 Å². The number of ether oxygens (including phenoxy) is 3. The van der Waals surface area contributed by atoms with Crippen LogP contribution in [0, 0.1) is 0 Å². The summed E-state index contributed by atoms with van der Waals surface area (Å²) in [7, 11) is 1.54. The van der Waals surface area contributed by atoms with E-state index in [2.05, 4.69) is 28.2 Å². The zero-order valence-corrected chi connectivity index (χ0v) is 26.4. The molecule has 1 saturated carbocycles. The van der Waals surface area contributed by atoms with Gasteiger partial charge in [0.1, 0.15) is 18.1 Å². The number of halogens is 1. The first kappa shape index (κ1) is 33.8. The lowest BCUT2D eigenvalue weighted by Gasteiger charge is -2.32. The molecule has 1 aliphatic rings. The van der Waals surface area contributed by atoms with Gasteiger partial charge < -0.3 is 24.6 Å². The lowest BCUT2D eigenvalue weighted by atomic mass is 9.94. The van der Waals surface area contributed by atoms with Crippen molar-refractivity contribution in [1.82, 2.24) is 5.32 Å². The Kier molecular flexibility index (Phi) is 14.1. The van der Waals surface area contributed by atoms with Crippen molar-refractivity contribution >= 4 is 27.9 Å². The van der Waals surface area contributed by atoms with Gasteiger partial charge in [-0.1, -0.05) is 57.9 Å². The molecule has 2 atom stereocenters. The van der Waals surface area contributed by atoms with Crippen LogP contribution in [0.25, 0.3) is 0 Å². The Morgan fingerprint density at radius 2 is 1.65 bits per heavy atom. The standard InChI is InChI=1S/C26H34BrNO6.C6H12/c1-7-8-22(28-26(3,4)5)24(30)17-9-12-23(34-16(2)29)18(13-17)15-33-25(31)20-11-10-19(32-6)14-21(20)27;1-2-4-6-5-3-1/h9-14,22,24,28,30H,7-8,15H2,1-6H3;1-6H2. The maximum Gasteiger partial charge on any atom is 0.339 e. The molecule has 2 aromatic carbocycles. The molecular weight excluding hydrogens is 574 g/mol. The Hall–Kier alpha value is -2.42. The number of hydrogen-bond acceptors (Lipinski definition) is 7. The second kappa shape index (κ2) is 16.7. The number of aliphatic hydroxyl groups excluding tert-OH is 1. The third kappa shape index (κ3) is 11.6. The van der Waals surface area contributed by atoms with Crippen LogP contribution in [0.4, 0.5) is 0 Å². The Morgan fingerprint density at radius 1 is 1.02 bits per heavy atom. The number of carbonyl (C=O) groups is 2. The first-order valence-corrected chi connectivity index (χ1v) is 15.0. The van der Waals surface area contributed by atoms with Gasteiger partial charge in [0, 0.05) is 28.5 Å². The summed E-state index contributed by atoms with van der Waals surface area (Å²) < 4.78 is 16.5. The number of rotatable bonds is 10. The molecule has 3 rings (SSSR count). The van der Waals surface area contributed by atoms with Crippen molar-refractivity contribution in [2.75, 3.05) is 7.11 Å². The van der Waals surface area contributed by atoms with Crippen LogP contribution in [-0.4, -0.2) is 35.7 Å². The Labute approximate surface area is 248 Å². The van der Waals surface area contributed by atoms with E-state index in [0.717, 1.165) is 12.8 Å². The maximum atomic E-state index is 12.7. The SMILES string of the molecule is C1CCCCC1.CCCC(NC(C)(C)C)C(O)c1ccc(OC(C)=O)c(COC(=O)c2ccc(OC)cc2Br)c1. The average molecular weight is 621 g/mol. The van der Waals surface area contributed by atoms with Gasteiger partial charge in [0.2, 0.25) is 0 Å². The lowest BCUT2D eigenvalue weighted by molar-refractivity contribution is -0.131. The molecule has 2 unspecified atom stereocenters. The van der Waals surface area contributed by atoms with E-state index in [0.29, 0.717) is 26.9 Å². The summed E-state index contributed by atoms with van der Waals surface area (Å²) in [6, 6.07) is 9.83. The minimum absolute atomic E-state index is 0.133. The van der Waals surface area contributed by atoms with Gasteiger partial charge in [-0.05, 0) is 79.0 Å². The third-order valence-corrected chi connectivity index (χ3v) is 7.19. The fourth-order valence-corrected chi connectivity index (χ4v) is 5.15. The van der Waals surface area contributed by atoms with Crippen molar-refractivity contribution in [3.05, 3.63) is 57.6 Å². The highest BCUT2D eigenvalue weighted by Crippen LogP contribution is 2.29. The summed E-state index contributed by atoms with van der Waals surface area (Å²) in [5, 5.41) is 14.6. The summed E-state index contributed by atoms with van der Waals surface area (Å²) in [5.74, 6) is -0.154. The van der Waals surface area contributed by atoms with Crippen LogP contribution in [0.3, 0.4) is 0 Å². The molecule has 2 N–H and O–H groups in total. The van der Waals surface area contributed by atoms with Gasteiger partial charge in [0.15, 0.2) is 0 Å². The molecule has 0 heterocycles. The number of aliphatic hydroxyl groups is 1. The molecule has 1 aliphatic carbocycles. The summed E-state index contributed by atoms with van der Waals surface area (Å²) in [6.45, 7) is 9.39. The zero-order chi connectivity index (χ0) is 29.7. The highest BCUT2D eigenvalue weighted by Gasteiger charge is 2.26. The predicted octanol–water partition coefficient (Wildman–Crippen LogP) is 7.67. The van der Waals surface area contributed by atoms with Crippen molar-refractivity contribution in [2.24, 2.45) is 0 Å². The van der Waals surface area contributed by atoms with Crippen LogP contribution in [0.5, 0.6) is 11.5 Å². The van der Waals surface area contributed by atoms with Crippen molar-refractivity contribution in [2.45, 2.75) is 110 Å². The van der Waals surface area contributed by atoms with Gasteiger partial charge in [0.25, 0.3) is 0 Å². The van der Waals surface area contributed by atoms with Crippen LogP contribution in [0.1, 0.15) is 114 Å². The average Bonchev–Trinajstić information content (AvgIpc) is 2.92. The van der Waals surface area contributed by atoms with Gasteiger partial charge in [-0.25, -0.2) is 4.79 Å². The number of methoxy groups -OCH3 is 1. The molecule has 222 valence electrons. The first-order valence-electron chi connectivity index (χ1n) is 14.2. The van der Waals surface area contributed by atoms with E-state index in [4.69, 9.17) is 14.2 Å². The molecule has 0 radical (unpaired) electrons. The topological polar surface area (TPSA) is 94.1 Å². The Balaban J connectivity index is 0.000000821. The van der Waals surface area contributed by atoms with Crippen LogP contribution in [0.2, 0.25) is 0 Å². The summed E-state index contributed by atoms with van der Waals surface area (Å²) in [6.07, 6.45) is 9.88. The van der Waals surface area contributed by atoms with Gasteiger partial charge in [-0.15, -0.1) is 0 Å². The Bertz CT molecular complexity index is 1080. The van der Waals surface area contributed by atoms with E-state index in [1.54, 1.807) is 43.5 Å². The highest BCUT2D eigenvalue weighted by molar-refractivity contribution is 9.10. The fraction of sp³-hybridized carbons (Fsp3) is 0.562. The van der Waals surface area contributed by atoms with Crippen LogP contribution < -0.4 is 14.8 Å². The number of carbonyl (C=O) groups excluding carboxylic acids is 2. The highest BCUT2D eigenvalue weighted by atomic mass is 79.9. The zero-order valence-electron chi connectivity index (χ0n) is 24.8. The fourth-order valence-electron chi connectivity index (χ4n) is 4.63. The minimum atomic E-state index is -0.796. The Morgan fingerprint density at radius 3 is 2.15 bits per heavy atom. The van der Waals surface area contributed by atoms with Crippen LogP contribution in [0.15, 0.2) is 40.9 Å². The lowest BCUT2D eigenvalue weighted by Crippen LogP contribution is -2.46. The molecule has 8 heteroatoms. The smallest absolute Gasteiger partial charge is 0.339 e. The molecule has 0 amide bonds. The minimum Gasteiger partial charge on any atom is -0.497 e. The normalized spacial score (nSPS) is 14.8. The third-order valence-electron chi connectivity index (χ3n) is 6.53. The van der Waals surface area contributed by atoms with Gasteiger partial charge in [-0.3, -0.25) is 4.79 Å². The molecule has 0 spiro atoms. The molecule has 0 saturated heterocycles. The molecule has 0 aromatic heterocycles. The molecule has 1 fully saturated rings. The van der Waals surface area contributed by atoms with Crippen molar-refractivity contribution in [1.29, 1.82) is 0 Å². The maximum absolute atomic E-state index is 12.7. The number of esters is 2. The molecule has 0 aliphatic heterocycles. The molecule has 2 aromatic rings. The van der Waals surface area contributed by atoms with E-state index in [-0.39, 0.29) is 23.9 Å². The van der Waals surface area contributed by atoms with E-state index in [1.807, 2.05) is 20.8 Å². The summed E-state index contributed by atoms with van der Waals surface area (Å²) >= 11 is 3.36. The van der Waals surface area contributed by atoms with E-state index >= 15 is 0 Å². The van der Waals surface area contributed by atoms with Gasteiger partial charge in [-0.2, -0.15) is 0 Å². The summed E-state index contributed by atoms with van der Waals surface area (Å²) in [4.78, 5) is 24.3. The number of nitrogens with one attached hydrogen (secondary N) is 1. The quantitative estimate of drug-likeness (QED) is 0.208. The van der Waals surface area contributed by atoms with Crippen molar-refractivity contribution in [3.8, 4) is 11.5 Å². The monoisotopic (exact) mass is 619 g/mol.